The zero-order valence-corrected chi connectivity index (χ0v) is 10.5. The smallest absolute Gasteiger partial charge is 0.101 e. The van der Waals surface area contributed by atoms with Gasteiger partial charge in [-0.3, -0.25) is 4.98 Å². The van der Waals surface area contributed by atoms with Gasteiger partial charge in [0.25, 0.3) is 0 Å². The monoisotopic (exact) mass is 250 g/mol. The average Bonchev–Trinajstić information content (AvgIpc) is 2.46. The van der Waals surface area contributed by atoms with Gasteiger partial charge in [-0.1, -0.05) is 6.07 Å². The van der Waals surface area contributed by atoms with Gasteiger partial charge in [0.15, 0.2) is 0 Å². The van der Waals surface area contributed by atoms with Crippen molar-refractivity contribution < 1.29 is 0 Å². The molecule has 2 heterocycles. The predicted octanol–water partition coefficient (Wildman–Crippen LogP) is 2.10. The van der Waals surface area contributed by atoms with Crippen LogP contribution in [-0.2, 0) is 13.0 Å². The third-order valence-electron chi connectivity index (χ3n) is 3.50. The molecular weight excluding hydrogens is 236 g/mol. The zero-order valence-electron chi connectivity index (χ0n) is 10.5. The maximum atomic E-state index is 9.16. The second-order valence-electron chi connectivity index (χ2n) is 4.70. The summed E-state index contributed by atoms with van der Waals surface area (Å²) < 4.78 is 0. The van der Waals surface area contributed by atoms with Crippen LogP contribution in [0.25, 0.3) is 0 Å². The van der Waals surface area contributed by atoms with Crippen LogP contribution in [0.15, 0.2) is 36.7 Å². The van der Waals surface area contributed by atoms with Crippen LogP contribution in [0.2, 0.25) is 0 Å². The number of rotatable bonds is 1. The van der Waals surface area contributed by atoms with Gasteiger partial charge in [0, 0.05) is 25.0 Å². The number of nitrogen functional groups attached to an aromatic ring is 1. The van der Waals surface area contributed by atoms with E-state index in [-0.39, 0.29) is 0 Å². The Labute approximate surface area is 112 Å². The van der Waals surface area contributed by atoms with Crippen molar-refractivity contribution in [3.63, 3.8) is 0 Å². The van der Waals surface area contributed by atoms with Crippen LogP contribution < -0.4 is 10.6 Å². The molecule has 0 amide bonds. The van der Waals surface area contributed by atoms with E-state index in [1.54, 1.807) is 18.5 Å². The lowest BCUT2D eigenvalue weighted by molar-refractivity contribution is 0.729. The Kier molecular flexibility index (Phi) is 2.81. The first-order valence-electron chi connectivity index (χ1n) is 6.24. The first-order valence-corrected chi connectivity index (χ1v) is 6.24. The molecule has 4 heteroatoms. The quantitative estimate of drug-likeness (QED) is 0.787. The number of nitrogens with two attached hydrogens (primary N) is 1. The maximum Gasteiger partial charge on any atom is 0.101 e. The Balaban J connectivity index is 1.96. The maximum absolute atomic E-state index is 9.16. The molecule has 0 unspecified atom stereocenters. The zero-order chi connectivity index (χ0) is 13.2. The van der Waals surface area contributed by atoms with Crippen LogP contribution in [0.5, 0.6) is 0 Å². The van der Waals surface area contributed by atoms with Gasteiger partial charge < -0.3 is 10.6 Å². The number of hydrogen-bond donors (Lipinski definition) is 1. The Hall–Kier alpha value is -2.54. The number of nitriles is 1. The minimum Gasteiger partial charge on any atom is -0.399 e. The highest BCUT2D eigenvalue weighted by Crippen LogP contribution is 2.27. The average molecular weight is 250 g/mol. The molecule has 94 valence electrons. The molecule has 1 aliphatic rings. The van der Waals surface area contributed by atoms with Crippen LogP contribution in [0.1, 0.15) is 16.7 Å². The first kappa shape index (κ1) is 11.5. The van der Waals surface area contributed by atoms with Crippen molar-refractivity contribution in [2.24, 2.45) is 0 Å². The van der Waals surface area contributed by atoms with Crippen molar-refractivity contribution in [1.29, 1.82) is 5.26 Å². The molecule has 4 nitrogen and oxygen atoms in total. The SMILES string of the molecule is N#Cc1ccncc1N1CCc2ccc(N)cc2C1. The highest BCUT2D eigenvalue weighted by molar-refractivity contribution is 5.59. The fraction of sp³-hybridized carbons (Fsp3) is 0.200. The normalized spacial score (nSPS) is 13.7. The van der Waals surface area contributed by atoms with E-state index in [1.165, 1.54) is 11.1 Å². The third kappa shape index (κ3) is 2.11. The standard InChI is InChI=1S/C15H14N4/c16-8-12-3-5-18-9-15(12)19-6-4-11-1-2-14(17)7-13(11)10-19/h1-3,5,7,9H,4,6,10,17H2. The summed E-state index contributed by atoms with van der Waals surface area (Å²) in [6, 6.07) is 10.0. The molecule has 0 radical (unpaired) electrons. The van der Waals surface area contributed by atoms with E-state index in [9.17, 15) is 0 Å². The molecule has 0 atom stereocenters. The van der Waals surface area contributed by atoms with Crippen molar-refractivity contribution in [3.8, 4) is 6.07 Å². The van der Waals surface area contributed by atoms with Gasteiger partial charge >= 0.3 is 0 Å². The number of aromatic nitrogens is 1. The fourth-order valence-electron chi connectivity index (χ4n) is 2.52. The van der Waals surface area contributed by atoms with E-state index in [0.29, 0.717) is 5.56 Å². The van der Waals surface area contributed by atoms with Gasteiger partial charge in [-0.25, -0.2) is 0 Å². The molecule has 0 aliphatic carbocycles. The molecule has 0 fully saturated rings. The van der Waals surface area contributed by atoms with E-state index in [0.717, 1.165) is 30.9 Å². The molecule has 2 aromatic rings. The summed E-state index contributed by atoms with van der Waals surface area (Å²) in [7, 11) is 0. The number of hydrogen-bond acceptors (Lipinski definition) is 4. The van der Waals surface area contributed by atoms with Gasteiger partial charge in [-0.15, -0.1) is 0 Å². The number of pyridine rings is 1. The summed E-state index contributed by atoms with van der Waals surface area (Å²) in [4.78, 5) is 6.31. The lowest BCUT2D eigenvalue weighted by Crippen LogP contribution is -2.31. The molecule has 2 N–H and O–H groups in total. The molecule has 1 aromatic heterocycles. The summed E-state index contributed by atoms with van der Waals surface area (Å²) >= 11 is 0. The lowest BCUT2D eigenvalue weighted by atomic mass is 9.98. The first-order chi connectivity index (χ1) is 9.28. The Morgan fingerprint density at radius 3 is 3.00 bits per heavy atom. The van der Waals surface area contributed by atoms with Gasteiger partial charge in [0.2, 0.25) is 0 Å². The summed E-state index contributed by atoms with van der Waals surface area (Å²) in [6.45, 7) is 1.68. The molecule has 3 rings (SSSR count). The van der Waals surface area contributed by atoms with Crippen LogP contribution in [0, 0.1) is 11.3 Å². The van der Waals surface area contributed by atoms with E-state index >= 15 is 0 Å². The molecule has 0 bridgehead atoms. The molecule has 19 heavy (non-hydrogen) atoms. The highest BCUT2D eigenvalue weighted by Gasteiger charge is 2.18. The molecule has 1 aliphatic heterocycles. The topological polar surface area (TPSA) is 65.9 Å². The number of fused-ring (bicyclic) bond motifs is 1. The number of nitrogens with zero attached hydrogens (tertiary/aromatic N) is 3. The summed E-state index contributed by atoms with van der Waals surface area (Å²) in [5, 5.41) is 9.16. The van der Waals surface area contributed by atoms with Crippen LogP contribution >= 0.6 is 0 Å². The van der Waals surface area contributed by atoms with Crippen molar-refractivity contribution in [2.45, 2.75) is 13.0 Å². The van der Waals surface area contributed by atoms with E-state index < -0.39 is 0 Å². The molecule has 0 saturated carbocycles. The summed E-state index contributed by atoms with van der Waals surface area (Å²) in [5.41, 5.74) is 10.8. The second-order valence-corrected chi connectivity index (χ2v) is 4.70. The Bertz CT molecular complexity index is 657. The second kappa shape index (κ2) is 4.62. The van der Waals surface area contributed by atoms with E-state index in [1.807, 2.05) is 12.1 Å². The summed E-state index contributed by atoms with van der Waals surface area (Å²) in [6.07, 6.45) is 4.38. The molecular formula is C15H14N4. The Morgan fingerprint density at radius 2 is 2.16 bits per heavy atom. The minimum absolute atomic E-state index is 0.669. The third-order valence-corrected chi connectivity index (χ3v) is 3.50. The van der Waals surface area contributed by atoms with Crippen molar-refractivity contribution in [3.05, 3.63) is 53.3 Å². The van der Waals surface area contributed by atoms with Crippen LogP contribution in [-0.4, -0.2) is 11.5 Å². The van der Waals surface area contributed by atoms with Gasteiger partial charge in [-0.2, -0.15) is 5.26 Å². The molecule has 1 aromatic carbocycles. The van der Waals surface area contributed by atoms with Crippen molar-refractivity contribution >= 4 is 11.4 Å². The van der Waals surface area contributed by atoms with Crippen molar-refractivity contribution in [1.82, 2.24) is 4.98 Å². The number of anilines is 2. The van der Waals surface area contributed by atoms with Crippen LogP contribution in [0.3, 0.4) is 0 Å². The van der Waals surface area contributed by atoms with Crippen molar-refractivity contribution in [2.75, 3.05) is 17.2 Å². The lowest BCUT2D eigenvalue weighted by Gasteiger charge is -2.31. The largest absolute Gasteiger partial charge is 0.399 e. The van der Waals surface area contributed by atoms with Gasteiger partial charge in [0.05, 0.1) is 17.4 Å². The summed E-state index contributed by atoms with van der Waals surface area (Å²) in [5.74, 6) is 0. The fourth-order valence-corrected chi connectivity index (χ4v) is 2.52. The van der Waals surface area contributed by atoms with Gasteiger partial charge in [0.1, 0.15) is 6.07 Å². The number of benzene rings is 1. The minimum atomic E-state index is 0.669. The highest BCUT2D eigenvalue weighted by atomic mass is 15.1. The predicted molar refractivity (Wildman–Crippen MR) is 74.6 cm³/mol. The van der Waals surface area contributed by atoms with E-state index in [4.69, 9.17) is 11.0 Å². The van der Waals surface area contributed by atoms with Crippen LogP contribution in [0.4, 0.5) is 11.4 Å². The van der Waals surface area contributed by atoms with E-state index in [2.05, 4.69) is 22.0 Å². The molecule has 0 spiro atoms. The van der Waals surface area contributed by atoms with Gasteiger partial charge in [-0.05, 0) is 35.7 Å². The Morgan fingerprint density at radius 1 is 1.26 bits per heavy atom. The molecule has 0 saturated heterocycles.